The van der Waals surface area contributed by atoms with Gasteiger partial charge in [0.15, 0.2) is 0 Å². The second kappa shape index (κ2) is 11.6. The Hall–Kier alpha value is -1.79. The fourth-order valence-electron chi connectivity index (χ4n) is 4.08. The molecule has 0 spiro atoms. The van der Waals surface area contributed by atoms with Gasteiger partial charge in [-0.15, -0.1) is 0 Å². The van der Waals surface area contributed by atoms with Gasteiger partial charge in [0, 0.05) is 20.1 Å². The molecule has 0 aliphatic rings. The zero-order valence-electron chi connectivity index (χ0n) is 19.0. The predicted molar refractivity (Wildman–Crippen MR) is 125 cm³/mol. The Morgan fingerprint density at radius 3 is 1.93 bits per heavy atom. The van der Waals surface area contributed by atoms with Crippen LogP contribution in [0.15, 0.2) is 60.7 Å². The highest BCUT2D eigenvalue weighted by Crippen LogP contribution is 2.37. The van der Waals surface area contributed by atoms with Gasteiger partial charge in [0.2, 0.25) is 0 Å². The molecule has 2 atom stereocenters. The first-order chi connectivity index (χ1) is 14.4. The van der Waals surface area contributed by atoms with Crippen molar-refractivity contribution in [1.82, 2.24) is 0 Å². The first-order valence-electron chi connectivity index (χ1n) is 10.7. The number of carbonyl (C=O) groups is 1. The average molecular weight is 429 g/mol. The van der Waals surface area contributed by atoms with Gasteiger partial charge in [-0.3, -0.25) is 0 Å². The minimum Gasteiger partial charge on any atom is -0.407 e. The van der Waals surface area contributed by atoms with Crippen molar-refractivity contribution in [2.45, 2.75) is 51.7 Å². The Bertz CT molecular complexity index is 703. The summed E-state index contributed by atoms with van der Waals surface area (Å²) in [6.45, 7) is 9.63. The van der Waals surface area contributed by atoms with E-state index in [1.165, 1.54) is 10.4 Å². The van der Waals surface area contributed by atoms with Crippen LogP contribution in [0.1, 0.15) is 40.5 Å². The second-order valence-corrected chi connectivity index (χ2v) is 13.1. The van der Waals surface area contributed by atoms with E-state index in [1.54, 1.807) is 7.11 Å². The molecular weight excluding hydrogens is 392 g/mol. The lowest BCUT2D eigenvalue weighted by Gasteiger charge is -2.43. The number of carbonyl (C=O) groups excluding carboxylic acids is 1. The minimum absolute atomic E-state index is 0.0625. The van der Waals surface area contributed by atoms with Gasteiger partial charge in [0.25, 0.3) is 8.32 Å². The summed E-state index contributed by atoms with van der Waals surface area (Å²) in [5, 5.41) is 2.46. The number of rotatable bonds is 12. The maximum atomic E-state index is 11.0. The van der Waals surface area contributed by atoms with Crippen molar-refractivity contribution in [3.8, 4) is 0 Å². The molecule has 0 aliphatic carbocycles. The zero-order valence-corrected chi connectivity index (χ0v) is 20.0. The molecule has 0 aromatic heterocycles. The molecule has 5 heteroatoms. The van der Waals surface area contributed by atoms with E-state index in [0.29, 0.717) is 19.4 Å². The second-order valence-electron chi connectivity index (χ2n) is 8.79. The molecule has 2 rings (SSSR count). The number of hydrogen-bond acceptors (Lipinski definition) is 4. The van der Waals surface area contributed by atoms with Crippen LogP contribution in [-0.2, 0) is 18.7 Å². The normalized spacial score (nSPS) is 14.3. The first-order valence-corrected chi connectivity index (χ1v) is 12.6. The van der Waals surface area contributed by atoms with Crippen molar-refractivity contribution in [3.05, 3.63) is 60.7 Å². The molecule has 164 valence electrons. The molecule has 0 N–H and O–H groups in total. The molecule has 2 aromatic carbocycles. The highest BCUT2D eigenvalue weighted by atomic mass is 28.4. The predicted octanol–water partition coefficient (Wildman–Crippen LogP) is 4.17. The van der Waals surface area contributed by atoms with Crippen LogP contribution in [0.3, 0.4) is 0 Å². The monoisotopic (exact) mass is 428 g/mol. The van der Waals surface area contributed by atoms with Crippen LogP contribution in [0.5, 0.6) is 0 Å². The van der Waals surface area contributed by atoms with Gasteiger partial charge in [0.1, 0.15) is 13.1 Å². The summed E-state index contributed by atoms with van der Waals surface area (Å²) in [6, 6.07) is 21.2. The van der Waals surface area contributed by atoms with Gasteiger partial charge in [-0.1, -0.05) is 88.4 Å². The zero-order chi connectivity index (χ0) is 22.0. The van der Waals surface area contributed by atoms with Crippen molar-refractivity contribution < 1.29 is 18.7 Å². The van der Waals surface area contributed by atoms with Crippen LogP contribution in [0.4, 0.5) is 0 Å². The molecular formula is C25H36O4Si. The molecule has 0 radical (unpaired) electrons. The van der Waals surface area contributed by atoms with Crippen LogP contribution in [0.2, 0.25) is 5.04 Å². The van der Waals surface area contributed by atoms with Gasteiger partial charge in [-0.05, 0) is 27.8 Å². The molecule has 0 unspecified atom stereocenters. The number of benzene rings is 2. The van der Waals surface area contributed by atoms with Crippen molar-refractivity contribution in [1.29, 1.82) is 0 Å². The van der Waals surface area contributed by atoms with Crippen molar-refractivity contribution in [2.24, 2.45) is 5.92 Å². The molecule has 4 nitrogen and oxygen atoms in total. The fourth-order valence-corrected chi connectivity index (χ4v) is 8.66. The van der Waals surface area contributed by atoms with E-state index < -0.39 is 8.32 Å². The summed E-state index contributed by atoms with van der Waals surface area (Å²) in [5.41, 5.74) is 0. The highest BCUT2D eigenvalue weighted by molar-refractivity contribution is 6.99. The topological polar surface area (TPSA) is 44.8 Å². The van der Waals surface area contributed by atoms with E-state index in [2.05, 4.69) is 69.3 Å². The average Bonchev–Trinajstić information content (AvgIpc) is 2.74. The molecule has 0 amide bonds. The lowest BCUT2D eigenvalue weighted by atomic mass is 9.99. The third-order valence-electron chi connectivity index (χ3n) is 5.64. The van der Waals surface area contributed by atoms with E-state index in [1.807, 2.05) is 19.1 Å². The summed E-state index contributed by atoms with van der Waals surface area (Å²) < 4.78 is 17.9. The van der Waals surface area contributed by atoms with Crippen molar-refractivity contribution in [3.63, 3.8) is 0 Å². The SMILES string of the molecule is COCO[C@@H](CCO[Si](c1ccccc1)(c1ccccc1)C(C)(C)C)[C@@H](C)CC=O. The number of methoxy groups -OCH3 is 1. The standard InChI is InChI=1S/C25H36O4Si/c1-21(16-18-26)24(28-20-27-5)17-19-29-30(25(2,3)4,22-12-8-6-9-13-22)23-14-10-7-11-15-23/h6-15,18,21,24H,16-17,19-20H2,1-5H3/t21-,24-/m0/s1. The molecule has 0 bridgehead atoms. The smallest absolute Gasteiger partial charge is 0.261 e. The van der Waals surface area contributed by atoms with Gasteiger partial charge >= 0.3 is 0 Å². The summed E-state index contributed by atoms with van der Waals surface area (Å²) in [4.78, 5) is 11.0. The molecule has 30 heavy (non-hydrogen) atoms. The Morgan fingerprint density at radius 1 is 0.967 bits per heavy atom. The van der Waals surface area contributed by atoms with Crippen LogP contribution >= 0.6 is 0 Å². The molecule has 0 aliphatic heterocycles. The Morgan fingerprint density at radius 2 is 1.50 bits per heavy atom. The summed E-state index contributed by atoms with van der Waals surface area (Å²) in [5.74, 6) is 0.111. The minimum atomic E-state index is -2.56. The van der Waals surface area contributed by atoms with E-state index in [0.717, 1.165) is 6.29 Å². The molecule has 0 saturated carbocycles. The lowest BCUT2D eigenvalue weighted by Crippen LogP contribution is -2.66. The fraction of sp³-hybridized carbons (Fsp3) is 0.480. The van der Waals surface area contributed by atoms with E-state index in [9.17, 15) is 4.79 Å². The van der Waals surface area contributed by atoms with Crippen molar-refractivity contribution >= 4 is 25.0 Å². The lowest BCUT2D eigenvalue weighted by molar-refractivity contribution is -0.114. The summed E-state index contributed by atoms with van der Waals surface area (Å²) >= 11 is 0. The first kappa shape index (κ1) is 24.5. The largest absolute Gasteiger partial charge is 0.407 e. The number of ether oxygens (including phenoxy) is 2. The van der Waals surface area contributed by atoms with Gasteiger partial charge in [0.05, 0.1) is 6.10 Å². The van der Waals surface area contributed by atoms with E-state index in [4.69, 9.17) is 13.9 Å². The van der Waals surface area contributed by atoms with Crippen LogP contribution < -0.4 is 10.4 Å². The Kier molecular flexibility index (Phi) is 9.43. The van der Waals surface area contributed by atoms with Gasteiger partial charge in [-0.25, -0.2) is 0 Å². The molecule has 0 heterocycles. The van der Waals surface area contributed by atoms with Crippen LogP contribution in [0, 0.1) is 5.92 Å². The third kappa shape index (κ3) is 5.88. The molecule has 2 aromatic rings. The number of aldehydes is 1. The van der Waals surface area contributed by atoms with E-state index >= 15 is 0 Å². The third-order valence-corrected chi connectivity index (χ3v) is 10.7. The summed E-state index contributed by atoms with van der Waals surface area (Å²) in [6.07, 6.45) is 2.04. The maximum Gasteiger partial charge on any atom is 0.261 e. The van der Waals surface area contributed by atoms with Crippen LogP contribution in [-0.4, -0.2) is 41.2 Å². The highest BCUT2D eigenvalue weighted by Gasteiger charge is 2.50. The number of hydrogen-bond donors (Lipinski definition) is 0. The summed E-state index contributed by atoms with van der Waals surface area (Å²) in [7, 11) is -0.946. The molecule has 0 saturated heterocycles. The van der Waals surface area contributed by atoms with Crippen LogP contribution in [0.25, 0.3) is 0 Å². The Labute approximate surface area is 182 Å². The van der Waals surface area contributed by atoms with E-state index in [-0.39, 0.29) is 23.9 Å². The van der Waals surface area contributed by atoms with Gasteiger partial charge in [-0.2, -0.15) is 0 Å². The Balaban J connectivity index is 2.35. The maximum absolute atomic E-state index is 11.0. The quantitative estimate of drug-likeness (QED) is 0.289. The molecule has 0 fully saturated rings. The van der Waals surface area contributed by atoms with Gasteiger partial charge < -0.3 is 18.7 Å². The van der Waals surface area contributed by atoms with Crippen molar-refractivity contribution in [2.75, 3.05) is 20.5 Å².